The van der Waals surface area contributed by atoms with Gasteiger partial charge < -0.3 is 0 Å². The van der Waals surface area contributed by atoms with Gasteiger partial charge in [-0.2, -0.15) is 3.94 Å². The van der Waals surface area contributed by atoms with Crippen molar-refractivity contribution in [1.82, 2.24) is 3.94 Å². The summed E-state index contributed by atoms with van der Waals surface area (Å²) in [6, 6.07) is 13.0. The summed E-state index contributed by atoms with van der Waals surface area (Å²) < 4.78 is 0.543. The van der Waals surface area contributed by atoms with Gasteiger partial charge in [-0.25, -0.2) is 0 Å². The Morgan fingerprint density at radius 3 is 2.40 bits per heavy atom. The highest BCUT2D eigenvalue weighted by Gasteiger charge is 2.13. The number of nitrogens with zero attached hydrogens (tertiary/aromatic N) is 1. The molecular formula is C11H7Cl2NO. The minimum absolute atomic E-state index is 0.421. The molecule has 2 rings (SSSR count). The molecule has 0 heterocycles. The van der Waals surface area contributed by atoms with Crippen LogP contribution >= 0.6 is 23.6 Å². The number of halogens is 2. The van der Waals surface area contributed by atoms with Crippen LogP contribution < -0.4 is 0 Å². The predicted octanol–water partition coefficient (Wildman–Crippen LogP) is 3.59. The van der Waals surface area contributed by atoms with E-state index in [1.807, 2.05) is 30.3 Å². The van der Waals surface area contributed by atoms with Crippen molar-refractivity contribution in [3.8, 4) is 0 Å². The van der Waals surface area contributed by atoms with Crippen molar-refractivity contribution < 1.29 is 4.79 Å². The molecule has 1 amide bonds. The minimum atomic E-state index is -0.421. The normalized spacial score (nSPS) is 10.3. The molecule has 0 aliphatic rings. The van der Waals surface area contributed by atoms with E-state index < -0.39 is 5.91 Å². The fourth-order valence-electron chi connectivity index (χ4n) is 1.50. The van der Waals surface area contributed by atoms with E-state index in [1.165, 1.54) is 0 Å². The molecule has 0 aliphatic heterocycles. The summed E-state index contributed by atoms with van der Waals surface area (Å²) in [5.74, 6) is -0.421. The highest BCUT2D eigenvalue weighted by molar-refractivity contribution is 6.43. The number of rotatable bonds is 1. The maximum absolute atomic E-state index is 11.6. The van der Waals surface area contributed by atoms with Gasteiger partial charge in [-0.1, -0.05) is 36.4 Å². The molecule has 0 saturated heterocycles. The van der Waals surface area contributed by atoms with Crippen LogP contribution in [0.5, 0.6) is 0 Å². The Morgan fingerprint density at radius 2 is 1.67 bits per heavy atom. The molecule has 0 spiro atoms. The Bertz CT molecular complexity index is 505. The van der Waals surface area contributed by atoms with Crippen molar-refractivity contribution in [1.29, 1.82) is 0 Å². The van der Waals surface area contributed by atoms with Crippen molar-refractivity contribution in [2.45, 2.75) is 0 Å². The topological polar surface area (TPSA) is 20.3 Å². The summed E-state index contributed by atoms with van der Waals surface area (Å²) in [6.07, 6.45) is 0. The smallest absolute Gasteiger partial charge is 0.266 e. The lowest BCUT2D eigenvalue weighted by molar-refractivity contribution is 0.0925. The van der Waals surface area contributed by atoms with Gasteiger partial charge in [0.25, 0.3) is 5.91 Å². The number of hydrogen-bond donors (Lipinski definition) is 0. The monoisotopic (exact) mass is 239 g/mol. The Balaban J connectivity index is 2.66. The summed E-state index contributed by atoms with van der Waals surface area (Å²) in [6.45, 7) is 0. The highest BCUT2D eigenvalue weighted by atomic mass is 35.5. The molecule has 0 atom stereocenters. The van der Waals surface area contributed by atoms with E-state index in [9.17, 15) is 4.79 Å². The second-order valence-corrected chi connectivity index (χ2v) is 3.91. The largest absolute Gasteiger partial charge is 0.283 e. The van der Waals surface area contributed by atoms with E-state index >= 15 is 0 Å². The third-order valence-corrected chi connectivity index (χ3v) is 2.48. The van der Waals surface area contributed by atoms with Crippen LogP contribution in [0.2, 0.25) is 0 Å². The Kier molecular flexibility index (Phi) is 2.80. The molecule has 76 valence electrons. The first-order chi connectivity index (χ1) is 7.20. The fraction of sp³-hybridized carbons (Fsp3) is 0. The van der Waals surface area contributed by atoms with Gasteiger partial charge in [0.1, 0.15) is 0 Å². The van der Waals surface area contributed by atoms with E-state index in [4.69, 9.17) is 23.6 Å². The van der Waals surface area contributed by atoms with E-state index in [1.54, 1.807) is 12.1 Å². The van der Waals surface area contributed by atoms with Crippen molar-refractivity contribution in [2.24, 2.45) is 0 Å². The van der Waals surface area contributed by atoms with Crippen molar-refractivity contribution in [3.63, 3.8) is 0 Å². The zero-order chi connectivity index (χ0) is 10.8. The summed E-state index contributed by atoms with van der Waals surface area (Å²) in [5, 5.41) is 1.83. The number of benzene rings is 2. The minimum Gasteiger partial charge on any atom is -0.266 e. The Hall–Kier alpha value is -1.25. The molecule has 0 bridgehead atoms. The highest BCUT2D eigenvalue weighted by Crippen LogP contribution is 2.21. The average Bonchev–Trinajstić information content (AvgIpc) is 2.27. The zero-order valence-corrected chi connectivity index (χ0v) is 9.16. The molecule has 0 saturated carbocycles. The van der Waals surface area contributed by atoms with Crippen LogP contribution in [-0.4, -0.2) is 9.85 Å². The van der Waals surface area contributed by atoms with Gasteiger partial charge in [-0.05, 0) is 16.8 Å². The lowest BCUT2D eigenvalue weighted by Crippen LogP contribution is -2.11. The third-order valence-electron chi connectivity index (χ3n) is 2.17. The van der Waals surface area contributed by atoms with E-state index in [2.05, 4.69) is 0 Å². The Labute approximate surface area is 97.2 Å². The number of carbonyl (C=O) groups excluding carboxylic acids is 1. The fourth-order valence-corrected chi connectivity index (χ4v) is 1.69. The second-order valence-electron chi connectivity index (χ2n) is 3.06. The molecular weight excluding hydrogens is 233 g/mol. The molecule has 15 heavy (non-hydrogen) atoms. The summed E-state index contributed by atoms with van der Waals surface area (Å²) in [7, 11) is 0. The molecule has 2 nitrogen and oxygen atoms in total. The van der Waals surface area contributed by atoms with Crippen molar-refractivity contribution >= 4 is 40.2 Å². The average molecular weight is 240 g/mol. The van der Waals surface area contributed by atoms with Gasteiger partial charge in [0, 0.05) is 29.1 Å². The molecule has 2 aromatic rings. The third kappa shape index (κ3) is 1.91. The Morgan fingerprint density at radius 1 is 1.00 bits per heavy atom. The first-order valence-electron chi connectivity index (χ1n) is 4.34. The molecule has 0 aliphatic carbocycles. The van der Waals surface area contributed by atoms with Crippen LogP contribution in [0.15, 0.2) is 42.5 Å². The molecule has 0 radical (unpaired) electrons. The quantitative estimate of drug-likeness (QED) is 0.697. The number of fused-ring (bicyclic) bond motifs is 1. The van der Waals surface area contributed by atoms with Gasteiger partial charge in [-0.3, -0.25) is 4.79 Å². The number of carbonyl (C=O) groups is 1. The van der Waals surface area contributed by atoms with Crippen molar-refractivity contribution in [3.05, 3.63) is 48.0 Å². The van der Waals surface area contributed by atoms with Crippen LogP contribution in [0.1, 0.15) is 10.4 Å². The molecule has 0 fully saturated rings. The SMILES string of the molecule is O=C(c1cccc2ccccc12)N(Cl)Cl. The van der Waals surface area contributed by atoms with Crippen LogP contribution in [0.25, 0.3) is 10.8 Å². The van der Waals surface area contributed by atoms with Gasteiger partial charge in [-0.15, -0.1) is 0 Å². The van der Waals surface area contributed by atoms with E-state index in [0.717, 1.165) is 10.8 Å². The molecule has 4 heteroatoms. The summed E-state index contributed by atoms with van der Waals surface area (Å²) in [5.41, 5.74) is 0.498. The number of amides is 1. The van der Waals surface area contributed by atoms with Gasteiger partial charge >= 0.3 is 0 Å². The lowest BCUT2D eigenvalue weighted by Gasteiger charge is -2.07. The maximum atomic E-state index is 11.6. The van der Waals surface area contributed by atoms with Crippen molar-refractivity contribution in [2.75, 3.05) is 0 Å². The van der Waals surface area contributed by atoms with Crippen LogP contribution in [0.3, 0.4) is 0 Å². The lowest BCUT2D eigenvalue weighted by atomic mass is 10.0. The van der Waals surface area contributed by atoms with Gasteiger partial charge in [0.2, 0.25) is 0 Å². The second kappa shape index (κ2) is 4.09. The van der Waals surface area contributed by atoms with Gasteiger partial charge in [0.15, 0.2) is 0 Å². The maximum Gasteiger partial charge on any atom is 0.283 e. The van der Waals surface area contributed by atoms with Gasteiger partial charge in [0.05, 0.1) is 0 Å². The first-order valence-corrected chi connectivity index (χ1v) is 5.01. The first kappa shape index (κ1) is 10.3. The standard InChI is InChI=1S/C11H7Cl2NO/c12-14(13)11(15)10-7-3-5-8-4-1-2-6-9(8)10/h1-7H. The van der Waals surface area contributed by atoms with Crippen LogP contribution in [0.4, 0.5) is 0 Å². The molecule has 0 aromatic heterocycles. The summed E-state index contributed by atoms with van der Waals surface area (Å²) in [4.78, 5) is 11.6. The van der Waals surface area contributed by atoms with Crippen LogP contribution in [-0.2, 0) is 0 Å². The predicted molar refractivity (Wildman–Crippen MR) is 61.8 cm³/mol. The molecule has 0 N–H and O–H groups in total. The molecule has 0 unspecified atom stereocenters. The zero-order valence-electron chi connectivity index (χ0n) is 7.65. The number of hydrogen-bond acceptors (Lipinski definition) is 1. The van der Waals surface area contributed by atoms with E-state index in [-0.39, 0.29) is 0 Å². The summed E-state index contributed by atoms with van der Waals surface area (Å²) >= 11 is 10.8. The molecule has 2 aromatic carbocycles. The van der Waals surface area contributed by atoms with Crippen LogP contribution in [0, 0.1) is 0 Å². The van der Waals surface area contributed by atoms with E-state index in [0.29, 0.717) is 9.50 Å².